The van der Waals surface area contributed by atoms with Crippen LogP contribution in [0, 0.1) is 0 Å². The van der Waals surface area contributed by atoms with Crippen molar-refractivity contribution in [3.8, 4) is 11.5 Å². The average Bonchev–Trinajstić information content (AvgIpc) is 2.91. The Morgan fingerprint density at radius 2 is 2.13 bits per heavy atom. The van der Waals surface area contributed by atoms with Gasteiger partial charge in [-0.25, -0.2) is 5.43 Å². The first kappa shape index (κ1) is 18.0. The minimum Gasteiger partial charge on any atom is -0.493 e. The Hall–Kier alpha value is -1.32. The van der Waals surface area contributed by atoms with Crippen molar-refractivity contribution in [1.29, 1.82) is 0 Å². The van der Waals surface area contributed by atoms with Gasteiger partial charge in [0, 0.05) is 4.47 Å². The maximum absolute atomic E-state index is 11.7. The number of hydrogen-bond donors (Lipinski definition) is 1. The van der Waals surface area contributed by atoms with Gasteiger partial charge in [-0.3, -0.25) is 4.79 Å². The lowest BCUT2D eigenvalue weighted by molar-refractivity contribution is -0.123. The number of halogens is 3. The summed E-state index contributed by atoms with van der Waals surface area (Å²) in [7, 11) is 1.52. The first-order chi connectivity index (χ1) is 11.0. The van der Waals surface area contributed by atoms with Crippen molar-refractivity contribution in [2.45, 2.75) is 0 Å². The molecule has 0 fully saturated rings. The van der Waals surface area contributed by atoms with Gasteiger partial charge in [0.15, 0.2) is 22.8 Å². The zero-order chi connectivity index (χ0) is 16.8. The summed E-state index contributed by atoms with van der Waals surface area (Å²) in [6, 6.07) is 6.97. The van der Waals surface area contributed by atoms with E-state index in [1.807, 2.05) is 0 Å². The predicted molar refractivity (Wildman–Crippen MR) is 96.0 cm³/mol. The van der Waals surface area contributed by atoms with Crippen LogP contribution in [0.3, 0.4) is 0 Å². The Morgan fingerprint density at radius 3 is 2.78 bits per heavy atom. The standard InChI is InChI=1S/C14H11Br3N2O4/c1-21-11-5-8(15)4-10(16)14(11)22-7-13(20)19-18-6-9-2-3-12(17)23-9/h2-6H,7H2,1H3,(H,19,20)/b18-6+. The molecular weight excluding hydrogens is 500 g/mol. The van der Waals surface area contributed by atoms with Gasteiger partial charge in [-0.2, -0.15) is 5.10 Å². The van der Waals surface area contributed by atoms with Gasteiger partial charge in [0.1, 0.15) is 5.76 Å². The van der Waals surface area contributed by atoms with E-state index >= 15 is 0 Å². The predicted octanol–water partition coefficient (Wildman–Crippen LogP) is 4.10. The Kier molecular flexibility index (Phi) is 6.67. The molecule has 1 heterocycles. The van der Waals surface area contributed by atoms with Crippen molar-refractivity contribution < 1.29 is 18.7 Å². The molecule has 2 aromatic rings. The Labute approximate surface area is 157 Å². The molecule has 1 aromatic heterocycles. The second kappa shape index (κ2) is 8.51. The summed E-state index contributed by atoms with van der Waals surface area (Å²) in [5.41, 5.74) is 2.34. The second-order valence-corrected chi connectivity index (χ2v) is 6.69. The Balaban J connectivity index is 1.91. The number of nitrogens with zero attached hydrogens (tertiary/aromatic N) is 1. The molecule has 122 valence electrons. The van der Waals surface area contributed by atoms with Crippen molar-refractivity contribution >= 4 is 59.9 Å². The van der Waals surface area contributed by atoms with Crippen LogP contribution in [-0.2, 0) is 4.79 Å². The maximum Gasteiger partial charge on any atom is 0.277 e. The van der Waals surface area contributed by atoms with E-state index in [-0.39, 0.29) is 6.61 Å². The summed E-state index contributed by atoms with van der Waals surface area (Å²) < 4.78 is 18.0. The Morgan fingerprint density at radius 1 is 1.35 bits per heavy atom. The SMILES string of the molecule is COc1cc(Br)cc(Br)c1OCC(=O)N/N=C/c1ccc(Br)o1. The van der Waals surface area contributed by atoms with Gasteiger partial charge >= 0.3 is 0 Å². The van der Waals surface area contributed by atoms with Crippen molar-refractivity contribution in [3.63, 3.8) is 0 Å². The normalized spacial score (nSPS) is 10.8. The van der Waals surface area contributed by atoms with Gasteiger partial charge in [-0.15, -0.1) is 0 Å². The number of benzene rings is 1. The topological polar surface area (TPSA) is 73.1 Å². The van der Waals surface area contributed by atoms with E-state index in [2.05, 4.69) is 58.3 Å². The molecule has 0 saturated heterocycles. The monoisotopic (exact) mass is 508 g/mol. The molecule has 0 bridgehead atoms. The third-order valence-corrected chi connectivity index (χ3v) is 3.99. The zero-order valence-corrected chi connectivity index (χ0v) is 16.6. The van der Waals surface area contributed by atoms with Gasteiger partial charge in [-0.05, 0) is 56.1 Å². The molecular formula is C14H11Br3N2O4. The van der Waals surface area contributed by atoms with Gasteiger partial charge in [0.25, 0.3) is 5.91 Å². The molecule has 0 aliphatic rings. The molecule has 1 amide bonds. The van der Waals surface area contributed by atoms with E-state index in [1.165, 1.54) is 13.3 Å². The van der Waals surface area contributed by atoms with Crippen LogP contribution in [0.1, 0.15) is 5.76 Å². The van der Waals surface area contributed by atoms with E-state index in [9.17, 15) is 4.79 Å². The van der Waals surface area contributed by atoms with Gasteiger partial charge < -0.3 is 13.9 Å². The fourth-order valence-corrected chi connectivity index (χ4v) is 3.18. The van der Waals surface area contributed by atoms with E-state index in [1.54, 1.807) is 24.3 Å². The summed E-state index contributed by atoms with van der Waals surface area (Å²) in [5, 5.41) is 3.78. The van der Waals surface area contributed by atoms with Gasteiger partial charge in [0.05, 0.1) is 17.8 Å². The van der Waals surface area contributed by atoms with Crippen LogP contribution in [-0.4, -0.2) is 25.8 Å². The summed E-state index contributed by atoms with van der Waals surface area (Å²) in [4.78, 5) is 11.7. The molecule has 0 spiro atoms. The lowest BCUT2D eigenvalue weighted by Gasteiger charge is -2.12. The van der Waals surface area contributed by atoms with Crippen LogP contribution < -0.4 is 14.9 Å². The quantitative estimate of drug-likeness (QED) is 0.469. The first-order valence-electron chi connectivity index (χ1n) is 6.22. The van der Waals surface area contributed by atoms with E-state index in [4.69, 9.17) is 13.9 Å². The molecule has 1 N–H and O–H groups in total. The minimum atomic E-state index is -0.413. The highest BCUT2D eigenvalue weighted by Crippen LogP contribution is 2.38. The Bertz CT molecular complexity index is 731. The lowest BCUT2D eigenvalue weighted by Crippen LogP contribution is -2.24. The van der Waals surface area contributed by atoms with Gasteiger partial charge in [-0.1, -0.05) is 15.9 Å². The molecule has 0 radical (unpaired) electrons. The lowest BCUT2D eigenvalue weighted by atomic mass is 10.3. The molecule has 2 rings (SSSR count). The molecule has 0 aliphatic heterocycles. The number of hydrazone groups is 1. The summed E-state index contributed by atoms with van der Waals surface area (Å²) in [6.45, 7) is -0.213. The molecule has 0 atom stereocenters. The molecule has 0 aliphatic carbocycles. The molecule has 0 saturated carbocycles. The number of ether oxygens (including phenoxy) is 2. The summed E-state index contributed by atoms with van der Waals surface area (Å²) >= 11 is 9.88. The molecule has 9 heteroatoms. The second-order valence-electron chi connectivity index (χ2n) is 4.14. The first-order valence-corrected chi connectivity index (χ1v) is 8.60. The average molecular weight is 511 g/mol. The van der Waals surface area contributed by atoms with Crippen LogP contribution in [0.4, 0.5) is 0 Å². The van der Waals surface area contributed by atoms with E-state index < -0.39 is 5.91 Å². The number of amides is 1. The van der Waals surface area contributed by atoms with Crippen LogP contribution in [0.15, 0.2) is 47.4 Å². The van der Waals surface area contributed by atoms with Crippen LogP contribution in [0.2, 0.25) is 0 Å². The van der Waals surface area contributed by atoms with Crippen molar-refractivity contribution in [1.82, 2.24) is 5.43 Å². The van der Waals surface area contributed by atoms with Crippen molar-refractivity contribution in [3.05, 3.63) is 43.6 Å². The van der Waals surface area contributed by atoms with Crippen LogP contribution in [0.5, 0.6) is 11.5 Å². The largest absolute Gasteiger partial charge is 0.493 e. The molecule has 6 nitrogen and oxygen atoms in total. The van der Waals surface area contributed by atoms with Crippen LogP contribution in [0.25, 0.3) is 0 Å². The highest BCUT2D eigenvalue weighted by Gasteiger charge is 2.12. The third kappa shape index (κ3) is 5.36. The third-order valence-electron chi connectivity index (χ3n) is 2.52. The molecule has 1 aromatic carbocycles. The van der Waals surface area contributed by atoms with Crippen LogP contribution >= 0.6 is 47.8 Å². The molecule has 23 heavy (non-hydrogen) atoms. The molecule has 0 unspecified atom stereocenters. The smallest absolute Gasteiger partial charge is 0.277 e. The number of carbonyl (C=O) groups is 1. The maximum atomic E-state index is 11.7. The fourth-order valence-electron chi connectivity index (χ4n) is 1.56. The van der Waals surface area contributed by atoms with E-state index in [0.29, 0.717) is 26.4 Å². The summed E-state index contributed by atoms with van der Waals surface area (Å²) in [6.07, 6.45) is 1.39. The zero-order valence-electron chi connectivity index (χ0n) is 11.8. The van der Waals surface area contributed by atoms with Gasteiger partial charge in [0.2, 0.25) is 0 Å². The number of furan rings is 1. The fraction of sp³-hybridized carbons (Fsp3) is 0.143. The number of carbonyl (C=O) groups excluding carboxylic acids is 1. The van der Waals surface area contributed by atoms with Crippen molar-refractivity contribution in [2.24, 2.45) is 5.10 Å². The number of hydrogen-bond acceptors (Lipinski definition) is 5. The minimum absolute atomic E-state index is 0.213. The summed E-state index contributed by atoms with van der Waals surface area (Å²) in [5.74, 6) is 1.03. The number of methoxy groups -OCH3 is 1. The van der Waals surface area contributed by atoms with E-state index in [0.717, 1.165) is 4.47 Å². The highest BCUT2D eigenvalue weighted by atomic mass is 79.9. The van der Waals surface area contributed by atoms with Crippen molar-refractivity contribution in [2.75, 3.05) is 13.7 Å². The number of rotatable bonds is 6. The highest BCUT2D eigenvalue weighted by molar-refractivity contribution is 9.11. The number of nitrogens with one attached hydrogen (secondary N) is 1.